The SMILES string of the molecule is CC1CCCCN1CCCNc1ncc2c(-c3ccc(NC(=O)Nc4cc(C(F)(F)F)ccc4F)c(F)c3)nn(C)c2n1.O=C(O)C(F)(F)F. The lowest BCUT2D eigenvalue weighted by Crippen LogP contribution is -2.38. The first-order valence-corrected chi connectivity index (χ1v) is 15.2. The molecule has 1 fully saturated rings. The molecule has 0 bridgehead atoms. The van der Waals surface area contributed by atoms with Gasteiger partial charge in [-0.3, -0.25) is 0 Å². The number of likely N-dealkylation sites (tertiary alicyclic amines) is 1. The first-order valence-electron chi connectivity index (χ1n) is 15.2. The molecule has 2 amide bonds. The predicted molar refractivity (Wildman–Crippen MR) is 167 cm³/mol. The molecular formula is C31H32F8N8O3. The zero-order chi connectivity index (χ0) is 36.8. The summed E-state index contributed by atoms with van der Waals surface area (Å²) in [6, 6.07) is 5.02. The largest absolute Gasteiger partial charge is 0.490 e. The van der Waals surface area contributed by atoms with Crippen molar-refractivity contribution in [3.63, 3.8) is 0 Å². The first kappa shape index (κ1) is 37.7. The van der Waals surface area contributed by atoms with Gasteiger partial charge in [-0.05, 0) is 63.1 Å². The van der Waals surface area contributed by atoms with Gasteiger partial charge in [0.15, 0.2) is 5.65 Å². The average molecular weight is 717 g/mol. The number of alkyl halides is 6. The Morgan fingerprint density at radius 1 is 0.980 bits per heavy atom. The van der Waals surface area contributed by atoms with Gasteiger partial charge in [-0.15, -0.1) is 0 Å². The molecule has 0 saturated carbocycles. The van der Waals surface area contributed by atoms with Crippen molar-refractivity contribution in [3.05, 3.63) is 59.8 Å². The highest BCUT2D eigenvalue weighted by molar-refractivity contribution is 6.00. The standard InChI is InChI=1S/C29H31F5N8O.C2HF3O2/c1-17-6-3-4-12-42(17)13-5-11-35-27-36-16-20-25(40-41(2)26(20)39-27)18-7-10-23(22(31)14-18)37-28(43)38-24-15-19(29(32,33)34)8-9-21(24)30;3-2(4,5)1(6)7/h7-10,14-17H,3-6,11-13H2,1-2H3,(H,35,36,39)(H2,37,38,43);(H,6,7). The minimum Gasteiger partial charge on any atom is -0.475 e. The van der Waals surface area contributed by atoms with Crippen LogP contribution in [0.2, 0.25) is 0 Å². The van der Waals surface area contributed by atoms with Gasteiger partial charge in [-0.25, -0.2) is 28.0 Å². The molecular weight excluding hydrogens is 684 g/mol. The summed E-state index contributed by atoms with van der Waals surface area (Å²) in [6.45, 7) is 5.12. The number of carboxylic acids is 1. The monoisotopic (exact) mass is 716 g/mol. The zero-order valence-electron chi connectivity index (χ0n) is 26.6. The van der Waals surface area contributed by atoms with E-state index in [2.05, 4.69) is 37.5 Å². The number of carboxylic acid groups (broad SMARTS) is 1. The van der Waals surface area contributed by atoms with E-state index in [-0.39, 0.29) is 5.69 Å². The molecule has 5 rings (SSSR count). The van der Waals surface area contributed by atoms with Crippen molar-refractivity contribution in [2.24, 2.45) is 7.05 Å². The number of carbonyl (C=O) groups excluding carboxylic acids is 1. The molecule has 3 heterocycles. The third kappa shape index (κ3) is 9.76. The Hall–Kier alpha value is -5.07. The maximum absolute atomic E-state index is 15.0. The lowest BCUT2D eigenvalue weighted by atomic mass is 10.0. The Balaban J connectivity index is 0.000000727. The van der Waals surface area contributed by atoms with Gasteiger partial charge in [0.2, 0.25) is 5.95 Å². The van der Waals surface area contributed by atoms with Gasteiger partial charge in [-0.1, -0.05) is 12.5 Å². The molecule has 1 unspecified atom stereocenters. The number of nitrogens with zero attached hydrogens (tertiary/aromatic N) is 5. The molecule has 2 aromatic heterocycles. The molecule has 1 saturated heterocycles. The van der Waals surface area contributed by atoms with E-state index in [1.54, 1.807) is 17.9 Å². The van der Waals surface area contributed by atoms with Crippen molar-refractivity contribution in [1.82, 2.24) is 24.6 Å². The third-order valence-electron chi connectivity index (χ3n) is 7.70. The molecule has 1 atom stereocenters. The summed E-state index contributed by atoms with van der Waals surface area (Å²) in [7, 11) is 1.71. The van der Waals surface area contributed by atoms with Crippen molar-refractivity contribution in [3.8, 4) is 11.3 Å². The van der Waals surface area contributed by atoms with Crippen LogP contribution in [-0.4, -0.2) is 73.6 Å². The molecule has 1 aliphatic heterocycles. The molecule has 4 aromatic rings. The van der Waals surface area contributed by atoms with Crippen LogP contribution in [0, 0.1) is 11.6 Å². The highest BCUT2D eigenvalue weighted by Crippen LogP contribution is 2.32. The number of benzene rings is 2. The number of urea groups is 1. The second kappa shape index (κ2) is 15.6. The number of nitrogens with one attached hydrogen (secondary N) is 3. The van der Waals surface area contributed by atoms with E-state index in [1.165, 1.54) is 31.4 Å². The molecule has 0 radical (unpaired) electrons. The molecule has 0 aliphatic carbocycles. The van der Waals surface area contributed by atoms with Crippen LogP contribution in [0.1, 0.15) is 38.2 Å². The van der Waals surface area contributed by atoms with Crippen molar-refractivity contribution in [2.75, 3.05) is 35.6 Å². The summed E-state index contributed by atoms with van der Waals surface area (Å²) >= 11 is 0. The number of amides is 2. The number of halogens is 8. The van der Waals surface area contributed by atoms with E-state index < -0.39 is 47.2 Å². The van der Waals surface area contributed by atoms with E-state index >= 15 is 0 Å². The third-order valence-corrected chi connectivity index (χ3v) is 7.70. The minimum absolute atomic E-state index is 0.268. The van der Waals surface area contributed by atoms with Crippen LogP contribution in [0.5, 0.6) is 0 Å². The normalized spacial score (nSPS) is 15.3. The maximum atomic E-state index is 15.0. The van der Waals surface area contributed by atoms with E-state index in [0.29, 0.717) is 59.0 Å². The lowest BCUT2D eigenvalue weighted by Gasteiger charge is -2.33. The van der Waals surface area contributed by atoms with Crippen LogP contribution in [0.25, 0.3) is 22.3 Å². The topological polar surface area (TPSA) is 137 Å². The fraction of sp³-hybridized carbons (Fsp3) is 0.387. The van der Waals surface area contributed by atoms with Gasteiger partial charge in [0.1, 0.15) is 17.3 Å². The van der Waals surface area contributed by atoms with Crippen molar-refractivity contribution in [2.45, 2.75) is 51.0 Å². The number of fused-ring (bicyclic) bond motifs is 1. The number of carbonyl (C=O) groups is 2. The Kier molecular flexibility index (Phi) is 11.8. The van der Waals surface area contributed by atoms with Crippen molar-refractivity contribution < 1.29 is 49.8 Å². The number of rotatable bonds is 8. The van der Waals surface area contributed by atoms with Crippen LogP contribution in [0.15, 0.2) is 42.6 Å². The van der Waals surface area contributed by atoms with Crippen LogP contribution < -0.4 is 16.0 Å². The van der Waals surface area contributed by atoms with Gasteiger partial charge in [0, 0.05) is 37.9 Å². The molecule has 1 aliphatic rings. The molecule has 270 valence electrons. The number of aliphatic carboxylic acids is 1. The smallest absolute Gasteiger partial charge is 0.475 e. The second-order valence-electron chi connectivity index (χ2n) is 11.3. The molecule has 4 N–H and O–H groups in total. The van der Waals surface area contributed by atoms with Crippen molar-refractivity contribution in [1.29, 1.82) is 0 Å². The molecule has 2 aromatic carbocycles. The molecule has 11 nitrogen and oxygen atoms in total. The highest BCUT2D eigenvalue weighted by atomic mass is 19.4. The summed E-state index contributed by atoms with van der Waals surface area (Å²) in [6.07, 6.45) is -3.49. The van der Waals surface area contributed by atoms with E-state index in [1.807, 2.05) is 5.32 Å². The summed E-state index contributed by atoms with van der Waals surface area (Å²) in [5, 5.41) is 19.6. The number of aryl methyl sites for hydroxylation is 1. The number of piperidine rings is 1. The summed E-state index contributed by atoms with van der Waals surface area (Å²) in [5.41, 5.74) is -0.758. The predicted octanol–water partition coefficient (Wildman–Crippen LogP) is 7.28. The van der Waals surface area contributed by atoms with E-state index in [9.17, 15) is 39.9 Å². The minimum atomic E-state index is -5.08. The van der Waals surface area contributed by atoms with Gasteiger partial charge in [-0.2, -0.15) is 36.4 Å². The molecule has 0 spiro atoms. The zero-order valence-corrected chi connectivity index (χ0v) is 26.6. The maximum Gasteiger partial charge on any atom is 0.490 e. The first-order chi connectivity index (χ1) is 23.4. The van der Waals surface area contributed by atoms with E-state index in [0.717, 1.165) is 25.6 Å². The quantitative estimate of drug-likeness (QED) is 0.110. The van der Waals surface area contributed by atoms with Crippen molar-refractivity contribution >= 4 is 40.4 Å². The van der Waals surface area contributed by atoms with Crippen LogP contribution in [0.4, 0.5) is 57.2 Å². The van der Waals surface area contributed by atoms with E-state index in [4.69, 9.17) is 9.90 Å². The van der Waals surface area contributed by atoms with Crippen LogP contribution >= 0.6 is 0 Å². The molecule has 19 heteroatoms. The van der Waals surface area contributed by atoms with Crippen LogP contribution in [0.3, 0.4) is 0 Å². The Morgan fingerprint density at radius 2 is 1.68 bits per heavy atom. The van der Waals surface area contributed by atoms with Gasteiger partial charge < -0.3 is 26.0 Å². The fourth-order valence-electron chi connectivity index (χ4n) is 5.15. The Bertz CT molecular complexity index is 1830. The summed E-state index contributed by atoms with van der Waals surface area (Å²) in [4.78, 5) is 32.7. The van der Waals surface area contributed by atoms with Gasteiger partial charge in [0.25, 0.3) is 0 Å². The Morgan fingerprint density at radius 3 is 2.32 bits per heavy atom. The molecule has 50 heavy (non-hydrogen) atoms. The average Bonchev–Trinajstić information content (AvgIpc) is 3.37. The highest BCUT2D eigenvalue weighted by Gasteiger charge is 2.38. The lowest BCUT2D eigenvalue weighted by molar-refractivity contribution is -0.192. The second-order valence-corrected chi connectivity index (χ2v) is 11.3. The Labute approximate surface area is 279 Å². The number of anilines is 3. The summed E-state index contributed by atoms with van der Waals surface area (Å²) < 4.78 is 101. The summed E-state index contributed by atoms with van der Waals surface area (Å²) in [5.74, 6) is -4.21. The number of aromatic nitrogens is 4. The number of hydrogen-bond donors (Lipinski definition) is 4. The van der Waals surface area contributed by atoms with Crippen LogP contribution in [-0.2, 0) is 18.0 Å². The van der Waals surface area contributed by atoms with Gasteiger partial charge in [0.05, 0.1) is 22.3 Å². The fourth-order valence-corrected chi connectivity index (χ4v) is 5.15. The van der Waals surface area contributed by atoms with Gasteiger partial charge >= 0.3 is 24.4 Å². The number of hydrogen-bond acceptors (Lipinski definition) is 7.